The second-order valence-electron chi connectivity index (χ2n) is 6.25. The molecule has 0 radical (unpaired) electrons. The van der Waals surface area contributed by atoms with Crippen LogP contribution in [0, 0.1) is 13.8 Å². The van der Waals surface area contributed by atoms with Gasteiger partial charge in [0.2, 0.25) is 0 Å². The maximum Gasteiger partial charge on any atom is 0.417 e. The fraction of sp³-hybridized carbons (Fsp3) is 0.333. The Bertz CT molecular complexity index is 875. The molecule has 0 fully saturated rings. The van der Waals surface area contributed by atoms with E-state index >= 15 is 0 Å². The van der Waals surface area contributed by atoms with Crippen LogP contribution in [0.3, 0.4) is 0 Å². The second kappa shape index (κ2) is 12.3. The lowest BCUT2D eigenvalue weighted by Gasteiger charge is -2.19. The zero-order valence-electron chi connectivity index (χ0n) is 18.0. The summed E-state index contributed by atoms with van der Waals surface area (Å²) in [5.74, 6) is 0.682. The molecule has 0 spiro atoms. The zero-order valence-corrected chi connectivity index (χ0v) is 18.8. The normalized spacial score (nSPS) is 11.9. The Kier molecular flexibility index (Phi) is 10.5. The Balaban J connectivity index is 0.000000550. The standard InChI is InChI=1S/C18H17F3OS.C4H5N.C2H6/c1-4-16(23)14-9-10-15(12(3)17(14)18(19,20)21)22-13-7-5-11(2)6-8-13;1-2-4-5-3-1;1-2/h5-10H,4H2,1-3H3;1,3-4H,2H2;1-2H3. The van der Waals surface area contributed by atoms with E-state index in [0.717, 1.165) is 12.0 Å². The molecular formula is C24H28F3NOS. The van der Waals surface area contributed by atoms with E-state index < -0.39 is 11.7 Å². The van der Waals surface area contributed by atoms with Gasteiger partial charge < -0.3 is 4.74 Å². The molecular weight excluding hydrogens is 407 g/mol. The third-order valence-electron chi connectivity index (χ3n) is 4.11. The molecule has 0 unspecified atom stereocenters. The lowest BCUT2D eigenvalue weighted by atomic mass is 9.97. The zero-order chi connectivity index (χ0) is 22.7. The number of aryl methyl sites for hydroxylation is 1. The molecule has 162 valence electrons. The van der Waals surface area contributed by atoms with Crippen molar-refractivity contribution >= 4 is 23.3 Å². The van der Waals surface area contributed by atoms with Gasteiger partial charge in [-0.25, -0.2) is 0 Å². The lowest BCUT2D eigenvalue weighted by Crippen LogP contribution is -2.15. The summed E-state index contributed by atoms with van der Waals surface area (Å²) in [5, 5.41) is 0. The van der Waals surface area contributed by atoms with Crippen molar-refractivity contribution < 1.29 is 17.9 Å². The lowest BCUT2D eigenvalue weighted by molar-refractivity contribution is -0.138. The number of aliphatic imine (C=N–C) groups is 1. The molecule has 30 heavy (non-hydrogen) atoms. The summed E-state index contributed by atoms with van der Waals surface area (Å²) in [4.78, 5) is 4.07. The third kappa shape index (κ3) is 7.41. The van der Waals surface area contributed by atoms with Gasteiger partial charge in [0.25, 0.3) is 0 Å². The summed E-state index contributed by atoms with van der Waals surface area (Å²) in [7, 11) is 0. The van der Waals surface area contributed by atoms with E-state index in [9.17, 15) is 13.2 Å². The van der Waals surface area contributed by atoms with Crippen LogP contribution in [0.25, 0.3) is 0 Å². The van der Waals surface area contributed by atoms with Crippen LogP contribution in [0.15, 0.2) is 53.7 Å². The second-order valence-corrected chi connectivity index (χ2v) is 6.75. The summed E-state index contributed by atoms with van der Waals surface area (Å²) in [6, 6.07) is 10.1. The molecule has 1 heterocycles. The summed E-state index contributed by atoms with van der Waals surface area (Å²) >= 11 is 5.08. The average Bonchev–Trinajstić information content (AvgIpc) is 3.31. The Morgan fingerprint density at radius 1 is 1.07 bits per heavy atom. The number of nitrogens with zero attached hydrogens (tertiary/aromatic N) is 1. The number of benzene rings is 2. The van der Waals surface area contributed by atoms with E-state index in [1.54, 1.807) is 31.3 Å². The minimum atomic E-state index is -4.48. The fourth-order valence-electron chi connectivity index (χ4n) is 2.63. The molecule has 0 N–H and O–H groups in total. The van der Waals surface area contributed by atoms with E-state index in [0.29, 0.717) is 17.0 Å². The number of alkyl halides is 3. The van der Waals surface area contributed by atoms with Gasteiger partial charge in [0.15, 0.2) is 0 Å². The number of thiocarbonyl (C=S) groups is 1. The average molecular weight is 436 g/mol. The molecule has 1 aliphatic heterocycles. The van der Waals surface area contributed by atoms with Crippen LogP contribution in [-0.2, 0) is 6.18 Å². The van der Waals surface area contributed by atoms with Gasteiger partial charge in [0.05, 0.1) is 5.56 Å². The Labute approximate surface area is 182 Å². The van der Waals surface area contributed by atoms with Gasteiger partial charge in [0.1, 0.15) is 11.5 Å². The van der Waals surface area contributed by atoms with Crippen LogP contribution in [0.5, 0.6) is 11.5 Å². The fourth-order valence-corrected chi connectivity index (χ4v) is 2.80. The molecule has 0 atom stereocenters. The van der Waals surface area contributed by atoms with Crippen molar-refractivity contribution in [3.63, 3.8) is 0 Å². The van der Waals surface area contributed by atoms with Gasteiger partial charge in [0, 0.05) is 34.8 Å². The van der Waals surface area contributed by atoms with Crippen molar-refractivity contribution in [2.45, 2.75) is 53.6 Å². The number of halogens is 3. The minimum Gasteiger partial charge on any atom is -0.457 e. The summed E-state index contributed by atoms with van der Waals surface area (Å²) < 4.78 is 46.0. The van der Waals surface area contributed by atoms with Crippen LogP contribution in [0.4, 0.5) is 13.2 Å². The number of rotatable bonds is 4. The van der Waals surface area contributed by atoms with Crippen molar-refractivity contribution in [3.8, 4) is 11.5 Å². The molecule has 0 saturated carbocycles. The molecule has 0 amide bonds. The van der Waals surface area contributed by atoms with Gasteiger partial charge in [-0.2, -0.15) is 13.2 Å². The van der Waals surface area contributed by atoms with Crippen molar-refractivity contribution in [1.82, 2.24) is 0 Å². The van der Waals surface area contributed by atoms with Crippen LogP contribution in [0.1, 0.15) is 55.9 Å². The molecule has 0 bridgehead atoms. The molecule has 2 aromatic carbocycles. The summed E-state index contributed by atoms with van der Waals surface area (Å²) in [6.07, 6.45) is 2.63. The summed E-state index contributed by atoms with van der Waals surface area (Å²) in [5.41, 5.74) is 0.442. The molecule has 0 saturated heterocycles. The van der Waals surface area contributed by atoms with Crippen molar-refractivity contribution in [1.29, 1.82) is 0 Å². The maximum absolute atomic E-state index is 13.5. The molecule has 2 nitrogen and oxygen atoms in total. The van der Waals surface area contributed by atoms with Gasteiger partial charge in [-0.05, 0) is 44.5 Å². The van der Waals surface area contributed by atoms with Crippen LogP contribution < -0.4 is 4.74 Å². The van der Waals surface area contributed by atoms with Crippen molar-refractivity contribution in [2.24, 2.45) is 4.99 Å². The SMILES string of the molecule is C1=CN=CC1.CC.CCC(=S)c1ccc(Oc2ccc(C)cc2)c(C)c1C(F)(F)F. The topological polar surface area (TPSA) is 21.6 Å². The Morgan fingerprint density at radius 2 is 1.70 bits per heavy atom. The number of hydrogen-bond acceptors (Lipinski definition) is 3. The monoisotopic (exact) mass is 435 g/mol. The van der Waals surface area contributed by atoms with Gasteiger partial charge in [-0.3, -0.25) is 4.99 Å². The van der Waals surface area contributed by atoms with Crippen LogP contribution in [0.2, 0.25) is 0 Å². The maximum atomic E-state index is 13.5. The molecule has 0 aromatic heterocycles. The van der Waals surface area contributed by atoms with E-state index in [2.05, 4.69) is 4.99 Å². The number of allylic oxidation sites excluding steroid dienone is 1. The first-order valence-corrected chi connectivity index (χ1v) is 10.3. The molecule has 2 aromatic rings. The van der Waals surface area contributed by atoms with Crippen molar-refractivity contribution in [2.75, 3.05) is 0 Å². The van der Waals surface area contributed by atoms with Crippen LogP contribution in [-0.4, -0.2) is 11.1 Å². The number of hydrogen-bond donors (Lipinski definition) is 0. The van der Waals surface area contributed by atoms with E-state index in [1.165, 1.54) is 13.0 Å². The largest absolute Gasteiger partial charge is 0.457 e. The Hall–Kier alpha value is -2.47. The predicted molar refractivity (Wildman–Crippen MR) is 123 cm³/mol. The number of ether oxygens (including phenoxy) is 1. The van der Waals surface area contributed by atoms with E-state index in [-0.39, 0.29) is 16.9 Å². The first-order chi connectivity index (χ1) is 14.2. The molecule has 1 aliphatic rings. The van der Waals surface area contributed by atoms with Gasteiger partial charge in [-0.15, -0.1) is 0 Å². The van der Waals surface area contributed by atoms with E-state index in [1.807, 2.05) is 45.2 Å². The van der Waals surface area contributed by atoms with Gasteiger partial charge >= 0.3 is 6.18 Å². The minimum absolute atomic E-state index is 0.0476. The smallest absolute Gasteiger partial charge is 0.417 e. The van der Waals surface area contributed by atoms with Gasteiger partial charge in [-0.1, -0.05) is 56.8 Å². The van der Waals surface area contributed by atoms with Crippen LogP contribution >= 0.6 is 12.2 Å². The highest BCUT2D eigenvalue weighted by Crippen LogP contribution is 2.40. The predicted octanol–water partition coefficient (Wildman–Crippen LogP) is 8.24. The first-order valence-electron chi connectivity index (χ1n) is 9.89. The highest BCUT2D eigenvalue weighted by atomic mass is 32.1. The van der Waals surface area contributed by atoms with Crippen molar-refractivity contribution in [3.05, 3.63) is 70.9 Å². The highest BCUT2D eigenvalue weighted by molar-refractivity contribution is 7.80. The molecule has 3 rings (SSSR count). The quantitative estimate of drug-likeness (QED) is 0.356. The molecule has 6 heteroatoms. The van der Waals surface area contributed by atoms with E-state index in [4.69, 9.17) is 17.0 Å². The third-order valence-corrected chi connectivity index (χ3v) is 4.62. The summed E-state index contributed by atoms with van der Waals surface area (Å²) in [6.45, 7) is 9.08. The highest BCUT2D eigenvalue weighted by Gasteiger charge is 2.37. The first kappa shape index (κ1) is 25.6. The molecule has 0 aliphatic carbocycles. The Morgan fingerprint density at radius 3 is 2.13 bits per heavy atom.